The molecule has 1 fully saturated rings. The van der Waals surface area contributed by atoms with E-state index >= 15 is 0 Å². The van der Waals surface area contributed by atoms with Gasteiger partial charge in [0, 0.05) is 6.61 Å². The Balaban J connectivity index is 1.74. The lowest BCUT2D eigenvalue weighted by Crippen LogP contribution is -2.54. The van der Waals surface area contributed by atoms with Crippen LogP contribution >= 0.6 is 27.3 Å². The maximum absolute atomic E-state index is 14.2. The molecule has 224 valence electrons. The zero-order valence-electron chi connectivity index (χ0n) is 24.5. The summed E-state index contributed by atoms with van der Waals surface area (Å²) in [5.74, 6) is -0.667. The molecule has 0 spiro atoms. The van der Waals surface area contributed by atoms with Crippen LogP contribution in [0.15, 0.2) is 43.7 Å². The summed E-state index contributed by atoms with van der Waals surface area (Å²) < 4.78 is 26.7. The van der Waals surface area contributed by atoms with Crippen molar-refractivity contribution in [2.24, 2.45) is 0 Å². The van der Waals surface area contributed by atoms with E-state index < -0.39 is 34.5 Å². The Labute approximate surface area is 252 Å². The van der Waals surface area contributed by atoms with Crippen molar-refractivity contribution in [1.82, 2.24) is 9.13 Å². The van der Waals surface area contributed by atoms with Gasteiger partial charge in [-0.25, -0.2) is 14.2 Å². The first-order valence-corrected chi connectivity index (χ1v) is 15.5. The van der Waals surface area contributed by atoms with E-state index in [0.29, 0.717) is 29.0 Å². The number of hydrogen-bond acceptors (Lipinski definition) is 8. The van der Waals surface area contributed by atoms with E-state index in [1.54, 1.807) is 20.8 Å². The van der Waals surface area contributed by atoms with Crippen molar-refractivity contribution >= 4 is 43.5 Å². The lowest BCUT2D eigenvalue weighted by atomic mass is 10.0. The van der Waals surface area contributed by atoms with Crippen LogP contribution in [0.5, 0.6) is 0 Å². The third-order valence-corrected chi connectivity index (χ3v) is 9.16. The van der Waals surface area contributed by atoms with Crippen molar-refractivity contribution in [2.45, 2.75) is 90.9 Å². The molecular formula is C30H39BrN2O7S. The average molecular weight is 652 g/mol. The minimum absolute atomic E-state index is 0.121. The largest absolute Gasteiger partial charge is 0.458 e. The summed E-state index contributed by atoms with van der Waals surface area (Å²) in [7, 11) is 0. The Morgan fingerprint density at radius 2 is 1.83 bits per heavy atom. The Morgan fingerprint density at radius 1 is 1.12 bits per heavy atom. The molecule has 2 atom stereocenters. The molecule has 0 saturated carbocycles. The summed E-state index contributed by atoms with van der Waals surface area (Å²) in [4.78, 5) is 41.8. The first kappa shape index (κ1) is 31.6. The summed E-state index contributed by atoms with van der Waals surface area (Å²) in [5.41, 5.74) is -1.92. The zero-order chi connectivity index (χ0) is 29.9. The van der Waals surface area contributed by atoms with E-state index in [9.17, 15) is 14.4 Å². The summed E-state index contributed by atoms with van der Waals surface area (Å²) in [5, 5.41) is 0.378. The van der Waals surface area contributed by atoms with Crippen molar-refractivity contribution in [1.29, 1.82) is 0 Å². The van der Waals surface area contributed by atoms with Gasteiger partial charge in [0.05, 0.1) is 28.9 Å². The molecule has 3 heterocycles. The molecule has 11 heteroatoms. The molecule has 0 radical (unpaired) electrons. The highest BCUT2D eigenvalue weighted by Gasteiger charge is 2.39. The Morgan fingerprint density at radius 3 is 2.46 bits per heavy atom. The number of ether oxygens (including phenoxy) is 4. The molecule has 1 saturated heterocycles. The van der Waals surface area contributed by atoms with E-state index in [-0.39, 0.29) is 19.4 Å². The standard InChI is InChI=1S/C30H39BrN2O7S/c1-19-23-25(34)33(30(5,6)27(35)40-29(2,3)4)28(36)32(26(23)41-24(19)31)18-21(20-12-8-7-9-13-20)37-16-17-39-22-14-10-11-15-38-22/h7-9,12-13,21-22H,10-11,14-18H2,1-6H3/t21-,22?/m0/s1. The molecule has 4 rings (SSSR count). The quantitative estimate of drug-likeness (QED) is 0.206. The van der Waals surface area contributed by atoms with Crippen LogP contribution in [0, 0.1) is 6.92 Å². The number of halogens is 1. The number of aromatic nitrogens is 2. The number of nitrogens with zero attached hydrogens (tertiary/aromatic N) is 2. The molecule has 0 N–H and O–H groups in total. The van der Waals surface area contributed by atoms with Crippen LogP contribution in [0.3, 0.4) is 0 Å². The van der Waals surface area contributed by atoms with Crippen LogP contribution in [-0.4, -0.2) is 46.8 Å². The van der Waals surface area contributed by atoms with E-state index in [1.807, 2.05) is 37.3 Å². The van der Waals surface area contributed by atoms with Crippen LogP contribution < -0.4 is 11.2 Å². The highest BCUT2D eigenvalue weighted by Crippen LogP contribution is 2.34. The number of thiophene rings is 1. The summed E-state index contributed by atoms with van der Waals surface area (Å²) >= 11 is 4.86. The van der Waals surface area contributed by atoms with E-state index in [4.69, 9.17) is 18.9 Å². The SMILES string of the molecule is Cc1c(Br)sc2c1c(=O)n(C(C)(C)C(=O)OC(C)(C)C)c(=O)n2C[C@H](OCCOC1CCCCO1)c1ccccc1. The Kier molecular flexibility index (Phi) is 9.96. The van der Waals surface area contributed by atoms with Gasteiger partial charge in [0.1, 0.15) is 22.1 Å². The van der Waals surface area contributed by atoms with Crippen LogP contribution in [0.4, 0.5) is 0 Å². The molecule has 9 nitrogen and oxygen atoms in total. The van der Waals surface area contributed by atoms with Gasteiger partial charge < -0.3 is 18.9 Å². The van der Waals surface area contributed by atoms with Gasteiger partial charge in [-0.1, -0.05) is 30.3 Å². The van der Waals surface area contributed by atoms with Crippen molar-refractivity contribution in [3.8, 4) is 0 Å². The maximum atomic E-state index is 14.2. The van der Waals surface area contributed by atoms with E-state index in [2.05, 4.69) is 15.9 Å². The van der Waals surface area contributed by atoms with Gasteiger partial charge in [-0.05, 0) is 87.9 Å². The minimum atomic E-state index is -1.56. The van der Waals surface area contributed by atoms with Crippen LogP contribution in [0.2, 0.25) is 0 Å². The molecule has 1 aromatic carbocycles. The van der Waals surface area contributed by atoms with Gasteiger partial charge >= 0.3 is 11.7 Å². The number of aryl methyl sites for hydroxylation is 1. The lowest BCUT2D eigenvalue weighted by molar-refractivity contribution is -0.172. The van der Waals surface area contributed by atoms with Crippen LogP contribution in [-0.2, 0) is 35.8 Å². The number of hydrogen-bond donors (Lipinski definition) is 0. The van der Waals surface area contributed by atoms with Crippen molar-refractivity contribution < 1.29 is 23.7 Å². The predicted molar refractivity (Wildman–Crippen MR) is 163 cm³/mol. The fraction of sp³-hybridized carbons (Fsp3) is 0.567. The number of carbonyl (C=O) groups excluding carboxylic acids is 1. The summed E-state index contributed by atoms with van der Waals surface area (Å²) in [6, 6.07) is 9.61. The van der Waals surface area contributed by atoms with E-state index in [0.717, 1.165) is 33.2 Å². The second-order valence-electron chi connectivity index (χ2n) is 11.7. The highest BCUT2D eigenvalue weighted by molar-refractivity contribution is 9.11. The molecule has 0 aliphatic carbocycles. The number of rotatable bonds is 10. The van der Waals surface area contributed by atoms with E-state index in [1.165, 1.54) is 29.8 Å². The van der Waals surface area contributed by atoms with Crippen molar-refractivity contribution in [3.63, 3.8) is 0 Å². The highest BCUT2D eigenvalue weighted by atomic mass is 79.9. The maximum Gasteiger partial charge on any atom is 0.333 e. The molecule has 2 aromatic heterocycles. The van der Waals surface area contributed by atoms with Gasteiger partial charge in [-0.3, -0.25) is 9.36 Å². The molecule has 1 unspecified atom stereocenters. The van der Waals surface area contributed by atoms with Gasteiger partial charge in [-0.15, -0.1) is 11.3 Å². The molecule has 0 amide bonds. The topological polar surface area (TPSA) is 98.0 Å². The van der Waals surface area contributed by atoms with Gasteiger partial charge in [0.25, 0.3) is 5.56 Å². The lowest BCUT2D eigenvalue weighted by Gasteiger charge is -2.30. The fourth-order valence-electron chi connectivity index (χ4n) is 4.77. The third-order valence-electron chi connectivity index (χ3n) is 6.98. The van der Waals surface area contributed by atoms with Gasteiger partial charge in [-0.2, -0.15) is 0 Å². The molecular weight excluding hydrogens is 612 g/mol. The number of carbonyl (C=O) groups is 1. The summed E-state index contributed by atoms with van der Waals surface area (Å²) in [6.45, 7) is 11.6. The second kappa shape index (κ2) is 12.9. The van der Waals surface area contributed by atoms with Gasteiger partial charge in [0.2, 0.25) is 0 Å². The number of fused-ring (bicyclic) bond motifs is 1. The van der Waals surface area contributed by atoms with Crippen LogP contribution in [0.25, 0.3) is 10.2 Å². The molecule has 3 aromatic rings. The van der Waals surface area contributed by atoms with Crippen molar-refractivity contribution in [3.05, 3.63) is 66.1 Å². The second-order valence-corrected chi connectivity index (χ2v) is 14.0. The van der Waals surface area contributed by atoms with Gasteiger partial charge in [0.15, 0.2) is 6.29 Å². The molecule has 1 aliphatic rings. The molecule has 41 heavy (non-hydrogen) atoms. The minimum Gasteiger partial charge on any atom is -0.458 e. The fourth-order valence-corrected chi connectivity index (χ4v) is 6.46. The average Bonchev–Trinajstić information content (AvgIpc) is 3.21. The molecule has 1 aliphatic heterocycles. The predicted octanol–water partition coefficient (Wildman–Crippen LogP) is 5.67. The Bertz CT molecular complexity index is 1480. The summed E-state index contributed by atoms with van der Waals surface area (Å²) in [6.07, 6.45) is 2.22. The van der Waals surface area contributed by atoms with Crippen LogP contribution in [0.1, 0.15) is 71.1 Å². The zero-order valence-corrected chi connectivity index (χ0v) is 26.9. The number of benzene rings is 1. The first-order chi connectivity index (χ1) is 19.3. The first-order valence-electron chi connectivity index (χ1n) is 13.9. The Hall–Kier alpha value is -2.31. The smallest absolute Gasteiger partial charge is 0.333 e. The third kappa shape index (κ3) is 7.19. The molecule has 0 bridgehead atoms. The number of esters is 1. The van der Waals surface area contributed by atoms with Crippen molar-refractivity contribution in [2.75, 3.05) is 19.8 Å². The monoisotopic (exact) mass is 650 g/mol. The normalized spacial score (nSPS) is 17.1.